The molecule has 1 aliphatic heterocycles. The van der Waals surface area contributed by atoms with E-state index in [0.29, 0.717) is 6.67 Å². The Morgan fingerprint density at radius 2 is 0.944 bits per heavy atom. The normalized spacial score (nSPS) is 13.6. The van der Waals surface area contributed by atoms with Gasteiger partial charge in [-0.2, -0.15) is 0 Å². The number of rotatable bonds is 8. The number of ether oxygens (including phenoxy) is 1. The first kappa shape index (κ1) is 48.5. The van der Waals surface area contributed by atoms with E-state index in [0.717, 1.165) is 39.4 Å². The fraction of sp³-hybridized carbons (Fsp3) is 0.299. The van der Waals surface area contributed by atoms with Crippen LogP contribution in [0, 0.1) is 0 Å². The average molecular weight is 949 g/mol. The van der Waals surface area contributed by atoms with Crippen LogP contribution in [0.3, 0.4) is 0 Å². The van der Waals surface area contributed by atoms with Crippen LogP contribution < -0.4 is 14.5 Å². The molecule has 0 saturated heterocycles. The molecule has 0 unspecified atom stereocenters. The van der Waals surface area contributed by atoms with Gasteiger partial charge in [-0.15, -0.1) is 0 Å². The molecular formula is C67H72N4O. The van der Waals surface area contributed by atoms with Gasteiger partial charge in [0.1, 0.15) is 24.0 Å². The van der Waals surface area contributed by atoms with Crippen molar-refractivity contribution < 1.29 is 4.74 Å². The van der Waals surface area contributed by atoms with Gasteiger partial charge in [-0.25, -0.2) is 4.98 Å². The van der Waals surface area contributed by atoms with Crippen molar-refractivity contribution in [3.63, 3.8) is 0 Å². The summed E-state index contributed by atoms with van der Waals surface area (Å²) in [6.07, 6.45) is 1.96. The fourth-order valence-corrected chi connectivity index (χ4v) is 10.3. The maximum Gasteiger partial charge on any atom is 0.137 e. The highest BCUT2D eigenvalue weighted by molar-refractivity contribution is 6.10. The molecule has 9 aromatic rings. The third-order valence-electron chi connectivity index (χ3n) is 15.0. The second-order valence-electron chi connectivity index (χ2n) is 24.8. The first-order valence-corrected chi connectivity index (χ1v) is 25.8. The lowest BCUT2D eigenvalue weighted by molar-refractivity contribution is 0.479. The Hall–Kier alpha value is -7.11. The zero-order valence-electron chi connectivity index (χ0n) is 45.1. The minimum atomic E-state index is -0.243. The first-order valence-electron chi connectivity index (χ1n) is 25.8. The van der Waals surface area contributed by atoms with Crippen LogP contribution in [0.25, 0.3) is 38.8 Å². The maximum atomic E-state index is 7.11. The van der Waals surface area contributed by atoms with Gasteiger partial charge in [-0.05, 0) is 139 Å². The molecule has 72 heavy (non-hydrogen) atoms. The van der Waals surface area contributed by atoms with Gasteiger partial charge >= 0.3 is 0 Å². The molecule has 0 saturated carbocycles. The van der Waals surface area contributed by atoms with E-state index < -0.39 is 0 Å². The molecule has 366 valence electrons. The SMILES string of the molecule is CC(C)(C)c1ccc(-c2ccc3c(c2)c2ccc(Oc4cc(N5CN(c6cc(C(C)(C)C)cc(C(C)(C)C)c6)c6ccccc65)cc(C(C)(C)C)c4)cc2n3-c2cc(C(C)(C)c3ccccc3)ccn2)cc1. The Balaban J connectivity index is 1.08. The highest BCUT2D eigenvalue weighted by Crippen LogP contribution is 2.48. The number of para-hydroxylation sites is 2. The van der Waals surface area contributed by atoms with Crippen LogP contribution in [0.2, 0.25) is 0 Å². The van der Waals surface area contributed by atoms with E-state index >= 15 is 0 Å². The summed E-state index contributed by atoms with van der Waals surface area (Å²) in [6, 6.07) is 60.4. The predicted molar refractivity (Wildman–Crippen MR) is 306 cm³/mol. The van der Waals surface area contributed by atoms with E-state index in [-0.39, 0.29) is 27.1 Å². The van der Waals surface area contributed by atoms with Gasteiger partial charge in [-0.3, -0.25) is 4.57 Å². The number of pyridine rings is 1. The molecule has 0 atom stereocenters. The van der Waals surface area contributed by atoms with E-state index in [1.54, 1.807) is 0 Å². The molecule has 5 nitrogen and oxygen atoms in total. The molecule has 0 spiro atoms. The van der Waals surface area contributed by atoms with E-state index in [1.807, 2.05) is 6.20 Å². The van der Waals surface area contributed by atoms with Crippen molar-refractivity contribution in [1.82, 2.24) is 9.55 Å². The molecule has 3 heterocycles. The standard InChI is InChI=1S/C67H72N4O/c1-63(2,3)46-27-24-44(25-28-46)45-26-31-58-57(34-45)56-30-29-54(42-61(56)71(58)62-40-48(32-33-68-62)67(13,14)47-20-16-15-17-21-47)72-55-39-51(66(10,11)12)38-53(41-55)70-43-69(59-22-18-19-23-60(59)70)52-36-49(64(4,5)6)35-50(37-52)65(7,8)9/h15-42H,43H2,1-14H3. The van der Waals surface area contributed by atoms with Gasteiger partial charge in [0.05, 0.1) is 22.4 Å². The van der Waals surface area contributed by atoms with Gasteiger partial charge < -0.3 is 14.5 Å². The molecule has 1 aliphatic rings. The first-order chi connectivity index (χ1) is 33.9. The van der Waals surface area contributed by atoms with E-state index in [4.69, 9.17) is 9.72 Å². The smallest absolute Gasteiger partial charge is 0.137 e. The molecule has 0 bridgehead atoms. The van der Waals surface area contributed by atoms with Crippen molar-refractivity contribution in [2.24, 2.45) is 0 Å². The number of hydrogen-bond acceptors (Lipinski definition) is 4. The fourth-order valence-electron chi connectivity index (χ4n) is 10.3. The molecule has 0 fully saturated rings. The zero-order chi connectivity index (χ0) is 51.1. The molecular weight excluding hydrogens is 877 g/mol. The summed E-state index contributed by atoms with van der Waals surface area (Å²) in [4.78, 5) is 10.0. The number of nitrogens with zero attached hydrogens (tertiary/aromatic N) is 4. The number of benzene rings is 7. The van der Waals surface area contributed by atoms with E-state index in [9.17, 15) is 0 Å². The summed E-state index contributed by atoms with van der Waals surface area (Å²) in [6.45, 7) is 32.8. The number of fused-ring (bicyclic) bond motifs is 4. The number of hydrogen-bond donors (Lipinski definition) is 0. The number of aromatic nitrogens is 2. The van der Waals surface area contributed by atoms with Crippen LogP contribution in [-0.2, 0) is 27.1 Å². The number of anilines is 4. The molecule has 0 aliphatic carbocycles. The lowest BCUT2D eigenvalue weighted by Gasteiger charge is -2.29. The summed E-state index contributed by atoms with van der Waals surface area (Å²) in [7, 11) is 0. The molecule has 10 rings (SSSR count). The minimum absolute atomic E-state index is 0.00128. The second-order valence-corrected chi connectivity index (χ2v) is 24.8. The van der Waals surface area contributed by atoms with Gasteiger partial charge in [0.25, 0.3) is 0 Å². The van der Waals surface area contributed by atoms with Gasteiger partial charge in [0.15, 0.2) is 0 Å². The van der Waals surface area contributed by atoms with Gasteiger partial charge in [0, 0.05) is 45.9 Å². The topological polar surface area (TPSA) is 33.5 Å². The van der Waals surface area contributed by atoms with Crippen LogP contribution in [0.5, 0.6) is 11.5 Å². The Labute approximate surface area is 429 Å². The van der Waals surface area contributed by atoms with Gasteiger partial charge in [0.2, 0.25) is 0 Å². The summed E-state index contributed by atoms with van der Waals surface area (Å²) in [5, 5.41) is 2.31. The van der Waals surface area contributed by atoms with Crippen molar-refractivity contribution in [3.05, 3.63) is 203 Å². The van der Waals surface area contributed by atoms with Crippen LogP contribution in [0.15, 0.2) is 170 Å². The highest BCUT2D eigenvalue weighted by atomic mass is 16.5. The largest absolute Gasteiger partial charge is 0.457 e. The summed E-state index contributed by atoms with van der Waals surface area (Å²) >= 11 is 0. The van der Waals surface area contributed by atoms with Crippen LogP contribution in [-0.4, -0.2) is 16.2 Å². The Bertz CT molecular complexity index is 3440. The summed E-state index contributed by atoms with van der Waals surface area (Å²) in [5.74, 6) is 2.43. The minimum Gasteiger partial charge on any atom is -0.457 e. The molecule has 7 aromatic carbocycles. The molecule has 2 aromatic heterocycles. The van der Waals surface area contributed by atoms with Crippen molar-refractivity contribution in [3.8, 4) is 28.4 Å². The van der Waals surface area contributed by atoms with Gasteiger partial charge in [-0.1, -0.05) is 176 Å². The Morgan fingerprint density at radius 3 is 1.54 bits per heavy atom. The third-order valence-corrected chi connectivity index (χ3v) is 15.0. The maximum absolute atomic E-state index is 7.11. The van der Waals surface area contributed by atoms with Crippen LogP contribution >= 0.6 is 0 Å². The van der Waals surface area contributed by atoms with Crippen LogP contribution in [0.4, 0.5) is 22.7 Å². The monoisotopic (exact) mass is 949 g/mol. The average Bonchev–Trinajstić information content (AvgIpc) is 3.89. The predicted octanol–water partition coefficient (Wildman–Crippen LogP) is 18.4. The van der Waals surface area contributed by atoms with E-state index in [2.05, 4.69) is 275 Å². The lowest BCUT2D eigenvalue weighted by atomic mass is 9.78. The Kier molecular flexibility index (Phi) is 11.8. The highest BCUT2D eigenvalue weighted by Gasteiger charge is 2.32. The summed E-state index contributed by atoms with van der Waals surface area (Å²) < 4.78 is 9.43. The Morgan fingerprint density at radius 1 is 0.389 bits per heavy atom. The quantitative estimate of drug-likeness (QED) is 0.152. The van der Waals surface area contributed by atoms with Crippen molar-refractivity contribution in [1.29, 1.82) is 0 Å². The molecule has 0 amide bonds. The molecule has 5 heteroatoms. The molecule has 0 N–H and O–H groups in total. The summed E-state index contributed by atoms with van der Waals surface area (Å²) in [5.41, 5.74) is 16.5. The van der Waals surface area contributed by atoms with E-state index in [1.165, 1.54) is 67.0 Å². The van der Waals surface area contributed by atoms with Crippen molar-refractivity contribution in [2.75, 3.05) is 16.5 Å². The zero-order valence-corrected chi connectivity index (χ0v) is 45.1. The van der Waals surface area contributed by atoms with Crippen molar-refractivity contribution in [2.45, 2.75) is 124 Å². The lowest BCUT2D eigenvalue weighted by Crippen LogP contribution is -2.26. The van der Waals surface area contributed by atoms with Crippen LogP contribution in [0.1, 0.15) is 130 Å². The second kappa shape index (κ2) is 17.6. The molecule has 0 radical (unpaired) electrons. The third kappa shape index (κ3) is 9.19. The van der Waals surface area contributed by atoms with Crippen molar-refractivity contribution >= 4 is 44.6 Å².